The highest BCUT2D eigenvalue weighted by Gasteiger charge is 2.39. The van der Waals surface area contributed by atoms with E-state index in [9.17, 15) is 19.2 Å². The molecular formula is C24H29N5O5. The molecule has 1 aliphatic heterocycles. The van der Waals surface area contributed by atoms with E-state index in [0.29, 0.717) is 42.6 Å². The Hall–Kier alpha value is -3.82. The molecule has 1 aliphatic rings. The number of hydrogen-bond acceptors (Lipinski definition) is 7. The molecule has 0 radical (unpaired) electrons. The lowest BCUT2D eigenvalue weighted by atomic mass is 10.0. The van der Waals surface area contributed by atoms with Crippen LogP contribution in [0, 0.1) is 5.92 Å². The van der Waals surface area contributed by atoms with Gasteiger partial charge in [0.1, 0.15) is 24.1 Å². The minimum atomic E-state index is -1.20. The maximum atomic E-state index is 13.5. The SMILES string of the molecule is C=C(NC(C(=O)N1CCCC1C(=O)NC(C=O)CC(=O)O)C(C)C)c1cnc2ccccc2n1. The van der Waals surface area contributed by atoms with Gasteiger partial charge in [0.15, 0.2) is 0 Å². The number of nitrogens with one attached hydrogen (secondary N) is 2. The van der Waals surface area contributed by atoms with Gasteiger partial charge in [-0.25, -0.2) is 4.98 Å². The third-order valence-electron chi connectivity index (χ3n) is 5.75. The topological polar surface area (TPSA) is 142 Å². The average Bonchev–Trinajstić information content (AvgIpc) is 3.31. The van der Waals surface area contributed by atoms with Crippen LogP contribution < -0.4 is 10.6 Å². The Labute approximate surface area is 197 Å². The molecule has 10 nitrogen and oxygen atoms in total. The van der Waals surface area contributed by atoms with Crippen molar-refractivity contribution in [1.82, 2.24) is 25.5 Å². The van der Waals surface area contributed by atoms with E-state index in [1.165, 1.54) is 4.90 Å². The predicted molar refractivity (Wildman–Crippen MR) is 125 cm³/mol. The number of aliphatic carboxylic acids is 1. The Morgan fingerprint density at radius 1 is 1.24 bits per heavy atom. The van der Waals surface area contributed by atoms with E-state index >= 15 is 0 Å². The van der Waals surface area contributed by atoms with Crippen LogP contribution in [0.15, 0.2) is 37.0 Å². The summed E-state index contributed by atoms with van der Waals surface area (Å²) in [6.45, 7) is 8.19. The molecule has 3 N–H and O–H groups in total. The van der Waals surface area contributed by atoms with Gasteiger partial charge >= 0.3 is 5.97 Å². The van der Waals surface area contributed by atoms with Crippen LogP contribution in [0.25, 0.3) is 16.7 Å². The first kappa shape index (κ1) is 24.8. The summed E-state index contributed by atoms with van der Waals surface area (Å²) in [6, 6.07) is 4.84. The second-order valence-corrected chi connectivity index (χ2v) is 8.63. The molecule has 1 aromatic heterocycles. The second kappa shape index (κ2) is 10.9. The van der Waals surface area contributed by atoms with Gasteiger partial charge in [-0.2, -0.15) is 0 Å². The predicted octanol–water partition coefficient (Wildman–Crippen LogP) is 1.36. The first-order valence-corrected chi connectivity index (χ1v) is 11.2. The molecule has 34 heavy (non-hydrogen) atoms. The number of amides is 2. The maximum absolute atomic E-state index is 13.5. The van der Waals surface area contributed by atoms with Crippen molar-refractivity contribution in [3.63, 3.8) is 0 Å². The number of carboxylic acids is 1. The third-order valence-corrected chi connectivity index (χ3v) is 5.75. The summed E-state index contributed by atoms with van der Waals surface area (Å²) < 4.78 is 0. The van der Waals surface area contributed by atoms with Crippen molar-refractivity contribution in [3.05, 3.63) is 42.7 Å². The van der Waals surface area contributed by atoms with Crippen molar-refractivity contribution < 1.29 is 24.3 Å². The fourth-order valence-electron chi connectivity index (χ4n) is 3.96. The number of fused-ring (bicyclic) bond motifs is 1. The Morgan fingerprint density at radius 3 is 2.59 bits per heavy atom. The minimum Gasteiger partial charge on any atom is -0.481 e. The van der Waals surface area contributed by atoms with Crippen molar-refractivity contribution in [2.75, 3.05) is 6.54 Å². The minimum absolute atomic E-state index is 0.128. The van der Waals surface area contributed by atoms with Crippen LogP contribution in [0.2, 0.25) is 0 Å². The van der Waals surface area contributed by atoms with Gasteiger partial charge in [-0.3, -0.25) is 19.4 Å². The van der Waals surface area contributed by atoms with E-state index in [1.54, 1.807) is 6.20 Å². The van der Waals surface area contributed by atoms with Crippen LogP contribution >= 0.6 is 0 Å². The quantitative estimate of drug-likeness (QED) is 0.445. The van der Waals surface area contributed by atoms with Gasteiger partial charge < -0.3 is 25.4 Å². The molecule has 0 aliphatic carbocycles. The first-order valence-electron chi connectivity index (χ1n) is 11.2. The van der Waals surface area contributed by atoms with E-state index in [1.807, 2.05) is 38.1 Å². The number of para-hydroxylation sites is 2. The molecule has 1 aromatic carbocycles. The fraction of sp³-hybridized carbons (Fsp3) is 0.417. The molecule has 2 aromatic rings. The van der Waals surface area contributed by atoms with Gasteiger partial charge in [-0.15, -0.1) is 0 Å². The Balaban J connectivity index is 1.73. The normalized spacial score (nSPS) is 17.3. The van der Waals surface area contributed by atoms with Gasteiger partial charge in [0.2, 0.25) is 11.8 Å². The molecule has 180 valence electrons. The van der Waals surface area contributed by atoms with E-state index in [4.69, 9.17) is 5.11 Å². The highest BCUT2D eigenvalue weighted by Crippen LogP contribution is 2.22. The van der Waals surface area contributed by atoms with E-state index in [0.717, 1.165) is 5.52 Å². The fourth-order valence-corrected chi connectivity index (χ4v) is 3.96. The molecular weight excluding hydrogens is 438 g/mol. The van der Waals surface area contributed by atoms with E-state index < -0.39 is 36.4 Å². The number of aldehydes is 1. The first-order chi connectivity index (χ1) is 16.2. The van der Waals surface area contributed by atoms with Crippen molar-refractivity contribution in [2.45, 2.75) is 51.2 Å². The summed E-state index contributed by atoms with van der Waals surface area (Å²) in [5.41, 5.74) is 2.40. The zero-order valence-corrected chi connectivity index (χ0v) is 19.2. The van der Waals surface area contributed by atoms with Crippen LogP contribution in [0.5, 0.6) is 0 Å². The van der Waals surface area contributed by atoms with Crippen molar-refractivity contribution >= 4 is 40.8 Å². The van der Waals surface area contributed by atoms with Gasteiger partial charge in [0.25, 0.3) is 0 Å². The summed E-state index contributed by atoms with van der Waals surface area (Å²) in [5, 5.41) is 14.5. The number of carbonyl (C=O) groups excluding carboxylic acids is 3. The average molecular weight is 468 g/mol. The summed E-state index contributed by atoms with van der Waals surface area (Å²) >= 11 is 0. The number of nitrogens with zero attached hydrogens (tertiary/aromatic N) is 3. The Bertz CT molecular complexity index is 1100. The zero-order chi connectivity index (χ0) is 24.8. The van der Waals surface area contributed by atoms with Gasteiger partial charge in [0.05, 0.1) is 35.4 Å². The van der Waals surface area contributed by atoms with Gasteiger partial charge in [-0.1, -0.05) is 32.6 Å². The lowest BCUT2D eigenvalue weighted by molar-refractivity contribution is -0.142. The number of aromatic nitrogens is 2. The highest BCUT2D eigenvalue weighted by molar-refractivity contribution is 5.92. The number of carboxylic acid groups (broad SMARTS) is 1. The summed E-state index contributed by atoms with van der Waals surface area (Å²) in [5.74, 6) is -2.14. The molecule has 1 saturated heterocycles. The molecule has 3 atom stereocenters. The third kappa shape index (κ3) is 5.75. The Morgan fingerprint density at radius 2 is 1.94 bits per heavy atom. The van der Waals surface area contributed by atoms with E-state index in [2.05, 4.69) is 27.2 Å². The van der Waals surface area contributed by atoms with Crippen LogP contribution in [-0.2, 0) is 19.2 Å². The summed E-state index contributed by atoms with van der Waals surface area (Å²) in [4.78, 5) is 58.7. The molecule has 3 unspecified atom stereocenters. The maximum Gasteiger partial charge on any atom is 0.305 e. The lowest BCUT2D eigenvalue weighted by Gasteiger charge is -2.31. The molecule has 2 heterocycles. The van der Waals surface area contributed by atoms with E-state index in [-0.39, 0.29) is 11.8 Å². The zero-order valence-electron chi connectivity index (χ0n) is 19.2. The molecule has 10 heteroatoms. The van der Waals surface area contributed by atoms with Crippen molar-refractivity contribution in [3.8, 4) is 0 Å². The molecule has 3 rings (SSSR count). The Kier molecular flexibility index (Phi) is 7.93. The van der Waals surface area contributed by atoms with Crippen LogP contribution in [0.3, 0.4) is 0 Å². The monoisotopic (exact) mass is 467 g/mol. The molecule has 0 spiro atoms. The van der Waals surface area contributed by atoms with Crippen LogP contribution in [-0.4, -0.2) is 68.7 Å². The largest absolute Gasteiger partial charge is 0.481 e. The number of rotatable bonds is 10. The summed E-state index contributed by atoms with van der Waals surface area (Å²) in [7, 11) is 0. The lowest BCUT2D eigenvalue weighted by Crippen LogP contribution is -2.55. The number of likely N-dealkylation sites (tertiary alicyclic amines) is 1. The van der Waals surface area contributed by atoms with Crippen molar-refractivity contribution in [1.29, 1.82) is 0 Å². The van der Waals surface area contributed by atoms with Crippen molar-refractivity contribution in [2.24, 2.45) is 5.92 Å². The van der Waals surface area contributed by atoms with Gasteiger partial charge in [0, 0.05) is 6.54 Å². The molecule has 2 amide bonds. The highest BCUT2D eigenvalue weighted by atomic mass is 16.4. The standard InChI is InChI=1S/C24H29N5O5/c1-14(2)22(26-15(3)19-12-25-17-7-4-5-8-18(17)28-19)24(34)29-10-6-9-20(29)23(33)27-16(13-30)11-21(31)32/h4-5,7-8,12-14,16,20,22,26H,3,6,9-11H2,1-2H3,(H,27,33)(H,31,32). The van der Waals surface area contributed by atoms with Gasteiger partial charge in [-0.05, 0) is 30.9 Å². The molecule has 0 bridgehead atoms. The smallest absolute Gasteiger partial charge is 0.305 e. The number of hydrogen-bond donors (Lipinski definition) is 3. The summed E-state index contributed by atoms with van der Waals surface area (Å²) in [6.07, 6.45) is 2.51. The number of carbonyl (C=O) groups is 4. The second-order valence-electron chi connectivity index (χ2n) is 8.63. The number of benzene rings is 1. The molecule has 0 saturated carbocycles. The molecule has 1 fully saturated rings. The van der Waals surface area contributed by atoms with Crippen LogP contribution in [0.4, 0.5) is 0 Å². The van der Waals surface area contributed by atoms with Crippen LogP contribution in [0.1, 0.15) is 38.8 Å².